The second-order valence-electron chi connectivity index (χ2n) is 3.98. The molecule has 1 heterocycles. The van der Waals surface area contributed by atoms with E-state index in [-0.39, 0.29) is 11.0 Å². The molecule has 0 unspecified atom stereocenters. The van der Waals surface area contributed by atoms with Crippen molar-refractivity contribution in [3.05, 3.63) is 45.3 Å². The zero-order chi connectivity index (χ0) is 14.9. The van der Waals surface area contributed by atoms with Gasteiger partial charge in [-0.05, 0) is 52.7 Å². The van der Waals surface area contributed by atoms with Crippen LogP contribution in [0.2, 0.25) is 5.28 Å². The summed E-state index contributed by atoms with van der Waals surface area (Å²) in [6, 6.07) is 4.89. The van der Waals surface area contributed by atoms with E-state index in [4.69, 9.17) is 11.6 Å². The average Bonchev–Trinajstić information content (AvgIpc) is 2.29. The molecule has 0 amide bonds. The van der Waals surface area contributed by atoms with Crippen LogP contribution in [0.1, 0.15) is 11.3 Å². The normalized spacial score (nSPS) is 11.5. The first-order chi connectivity index (χ1) is 9.25. The smallest absolute Gasteiger partial charge is 0.339 e. The quantitative estimate of drug-likeness (QED) is 0.763. The first kappa shape index (κ1) is 15.1. The van der Waals surface area contributed by atoms with Crippen LogP contribution in [-0.4, -0.2) is 9.97 Å². The molecule has 106 valence electrons. The number of rotatable bonds is 2. The zero-order valence-electron chi connectivity index (χ0n) is 10.1. The number of hydrogen-bond acceptors (Lipinski definition) is 3. The van der Waals surface area contributed by atoms with Crippen molar-refractivity contribution in [3.63, 3.8) is 0 Å². The SMILES string of the molecule is Cc1cc(Nc2cc(C(F)(F)F)ccc2Br)nc(Cl)n1. The second kappa shape index (κ2) is 5.57. The standard InChI is InChI=1S/C12H8BrClF3N3/c1-6-4-10(20-11(14)18-6)19-9-5-7(12(15,16)17)2-3-8(9)13/h2-5H,1H3,(H,18,19,20). The fraction of sp³-hybridized carbons (Fsp3) is 0.167. The molecular weight excluding hydrogens is 359 g/mol. The molecule has 2 rings (SSSR count). The molecule has 0 aliphatic rings. The van der Waals surface area contributed by atoms with Crippen molar-refractivity contribution in [3.8, 4) is 0 Å². The van der Waals surface area contributed by atoms with Crippen LogP contribution in [0.4, 0.5) is 24.7 Å². The summed E-state index contributed by atoms with van der Waals surface area (Å²) in [4.78, 5) is 7.78. The van der Waals surface area contributed by atoms with Crippen LogP contribution < -0.4 is 5.32 Å². The van der Waals surface area contributed by atoms with Gasteiger partial charge in [0.05, 0.1) is 11.3 Å². The van der Waals surface area contributed by atoms with Crippen molar-refractivity contribution in [2.75, 3.05) is 5.32 Å². The lowest BCUT2D eigenvalue weighted by molar-refractivity contribution is -0.137. The third kappa shape index (κ3) is 3.61. The molecule has 20 heavy (non-hydrogen) atoms. The highest BCUT2D eigenvalue weighted by molar-refractivity contribution is 9.10. The van der Waals surface area contributed by atoms with E-state index >= 15 is 0 Å². The Bertz CT molecular complexity index is 626. The van der Waals surface area contributed by atoms with Crippen molar-refractivity contribution >= 4 is 39.0 Å². The maximum absolute atomic E-state index is 12.7. The average molecular weight is 367 g/mol. The minimum Gasteiger partial charge on any atom is -0.339 e. The van der Waals surface area contributed by atoms with Crippen LogP contribution in [0.15, 0.2) is 28.7 Å². The summed E-state index contributed by atoms with van der Waals surface area (Å²) in [6.07, 6.45) is -4.41. The van der Waals surface area contributed by atoms with E-state index < -0.39 is 11.7 Å². The number of aromatic nitrogens is 2. The molecule has 3 nitrogen and oxygen atoms in total. The topological polar surface area (TPSA) is 37.8 Å². The van der Waals surface area contributed by atoms with Gasteiger partial charge in [0, 0.05) is 16.2 Å². The lowest BCUT2D eigenvalue weighted by Crippen LogP contribution is -2.06. The summed E-state index contributed by atoms with van der Waals surface area (Å²) in [5.74, 6) is 0.322. The molecule has 1 aromatic carbocycles. The van der Waals surface area contributed by atoms with Crippen LogP contribution >= 0.6 is 27.5 Å². The molecule has 0 aliphatic heterocycles. The number of nitrogens with one attached hydrogen (secondary N) is 1. The fourth-order valence-corrected chi connectivity index (χ4v) is 2.10. The Morgan fingerprint density at radius 1 is 1.20 bits per heavy atom. The lowest BCUT2D eigenvalue weighted by Gasteiger charge is -2.12. The highest BCUT2D eigenvalue weighted by Gasteiger charge is 2.30. The molecule has 0 fully saturated rings. The molecule has 0 spiro atoms. The van der Waals surface area contributed by atoms with Crippen molar-refractivity contribution < 1.29 is 13.2 Å². The van der Waals surface area contributed by atoms with Gasteiger partial charge in [0.1, 0.15) is 5.82 Å². The summed E-state index contributed by atoms with van der Waals surface area (Å²) >= 11 is 8.89. The number of halogens is 5. The molecule has 2 aromatic rings. The van der Waals surface area contributed by atoms with E-state index in [0.717, 1.165) is 12.1 Å². The monoisotopic (exact) mass is 365 g/mol. The fourth-order valence-electron chi connectivity index (χ4n) is 1.53. The molecule has 0 saturated heterocycles. The number of anilines is 2. The minimum absolute atomic E-state index is 0.0237. The van der Waals surface area contributed by atoms with Gasteiger partial charge in [-0.1, -0.05) is 0 Å². The Kier molecular flexibility index (Phi) is 4.19. The van der Waals surface area contributed by atoms with E-state index in [1.165, 1.54) is 6.07 Å². The van der Waals surface area contributed by atoms with Crippen molar-refractivity contribution in [1.29, 1.82) is 0 Å². The highest BCUT2D eigenvalue weighted by Crippen LogP contribution is 2.34. The molecule has 0 atom stereocenters. The molecular formula is C12H8BrClF3N3. The predicted octanol–water partition coefficient (Wildman–Crippen LogP) is 4.96. The van der Waals surface area contributed by atoms with E-state index in [0.29, 0.717) is 16.0 Å². The maximum atomic E-state index is 12.7. The predicted molar refractivity (Wildman–Crippen MR) is 74.2 cm³/mol. The van der Waals surface area contributed by atoms with Gasteiger partial charge in [-0.2, -0.15) is 13.2 Å². The Morgan fingerprint density at radius 2 is 1.90 bits per heavy atom. The molecule has 0 aliphatic carbocycles. The third-order valence-corrected chi connectivity index (χ3v) is 3.24. The van der Waals surface area contributed by atoms with Gasteiger partial charge in [0.15, 0.2) is 0 Å². The van der Waals surface area contributed by atoms with Crippen molar-refractivity contribution in [2.45, 2.75) is 13.1 Å². The van der Waals surface area contributed by atoms with E-state index in [1.54, 1.807) is 13.0 Å². The van der Waals surface area contributed by atoms with Crippen LogP contribution in [-0.2, 0) is 6.18 Å². The molecule has 1 N–H and O–H groups in total. The molecule has 8 heteroatoms. The van der Waals surface area contributed by atoms with E-state index in [9.17, 15) is 13.2 Å². The van der Waals surface area contributed by atoms with Crippen molar-refractivity contribution in [2.24, 2.45) is 0 Å². The Morgan fingerprint density at radius 3 is 2.50 bits per heavy atom. The van der Waals surface area contributed by atoms with Crippen LogP contribution in [0, 0.1) is 6.92 Å². The number of benzene rings is 1. The maximum Gasteiger partial charge on any atom is 0.416 e. The van der Waals surface area contributed by atoms with Gasteiger partial charge in [-0.15, -0.1) is 0 Å². The van der Waals surface area contributed by atoms with Crippen LogP contribution in [0.5, 0.6) is 0 Å². The molecule has 0 bridgehead atoms. The summed E-state index contributed by atoms with van der Waals surface area (Å²) in [6.45, 7) is 1.71. The minimum atomic E-state index is -4.41. The lowest BCUT2D eigenvalue weighted by atomic mass is 10.2. The molecule has 0 saturated carbocycles. The summed E-state index contributed by atoms with van der Waals surface area (Å²) in [5.41, 5.74) is 0.102. The number of nitrogens with zero attached hydrogens (tertiary/aromatic N) is 2. The van der Waals surface area contributed by atoms with E-state index in [2.05, 4.69) is 31.2 Å². The van der Waals surface area contributed by atoms with Crippen LogP contribution in [0.25, 0.3) is 0 Å². The Balaban J connectivity index is 2.37. The van der Waals surface area contributed by atoms with Crippen molar-refractivity contribution in [1.82, 2.24) is 9.97 Å². The first-order valence-corrected chi connectivity index (χ1v) is 6.58. The number of alkyl halides is 3. The highest BCUT2D eigenvalue weighted by atomic mass is 79.9. The summed E-state index contributed by atoms with van der Waals surface area (Å²) < 4.78 is 38.5. The van der Waals surface area contributed by atoms with Gasteiger partial charge in [-0.3, -0.25) is 0 Å². The molecule has 1 aromatic heterocycles. The van der Waals surface area contributed by atoms with Gasteiger partial charge in [0.25, 0.3) is 0 Å². The zero-order valence-corrected chi connectivity index (χ0v) is 12.4. The van der Waals surface area contributed by atoms with Gasteiger partial charge in [0.2, 0.25) is 5.28 Å². The second-order valence-corrected chi connectivity index (χ2v) is 5.17. The first-order valence-electron chi connectivity index (χ1n) is 5.40. The van der Waals surface area contributed by atoms with Crippen LogP contribution in [0.3, 0.4) is 0 Å². The van der Waals surface area contributed by atoms with Gasteiger partial charge < -0.3 is 5.32 Å². The van der Waals surface area contributed by atoms with Gasteiger partial charge >= 0.3 is 6.18 Å². The van der Waals surface area contributed by atoms with Gasteiger partial charge in [-0.25, -0.2) is 9.97 Å². The summed E-state index contributed by atoms with van der Waals surface area (Å²) in [5, 5.41) is 2.81. The van der Waals surface area contributed by atoms with E-state index in [1.807, 2.05) is 0 Å². The number of aryl methyl sites for hydroxylation is 1. The Hall–Kier alpha value is -1.34. The largest absolute Gasteiger partial charge is 0.416 e. The summed E-state index contributed by atoms with van der Waals surface area (Å²) in [7, 11) is 0. The third-order valence-electron chi connectivity index (χ3n) is 2.38. The number of hydrogen-bond donors (Lipinski definition) is 1. The Labute approximate surface area is 126 Å². The molecule has 0 radical (unpaired) electrons.